The highest BCUT2D eigenvalue weighted by molar-refractivity contribution is 6.32. The van der Waals surface area contributed by atoms with Crippen molar-refractivity contribution in [3.8, 4) is 16.9 Å². The Bertz CT molecular complexity index is 1760. The van der Waals surface area contributed by atoms with Crippen LogP contribution in [0.25, 0.3) is 23.0 Å². The van der Waals surface area contributed by atoms with E-state index in [1.807, 2.05) is 30.3 Å². The van der Waals surface area contributed by atoms with E-state index in [0.717, 1.165) is 5.56 Å². The van der Waals surface area contributed by atoms with Crippen LogP contribution in [0.1, 0.15) is 23.0 Å². The van der Waals surface area contributed by atoms with Gasteiger partial charge in [0.05, 0.1) is 18.3 Å². The van der Waals surface area contributed by atoms with Gasteiger partial charge in [0.15, 0.2) is 0 Å². The van der Waals surface area contributed by atoms with Gasteiger partial charge in [0.2, 0.25) is 5.91 Å². The predicted octanol–water partition coefficient (Wildman–Crippen LogP) is 5.06. The third kappa shape index (κ3) is 8.50. The zero-order valence-corrected chi connectivity index (χ0v) is 25.4. The fourth-order valence-electron chi connectivity index (χ4n) is 4.28. The highest BCUT2D eigenvalue weighted by Gasteiger charge is 2.21. The van der Waals surface area contributed by atoms with Gasteiger partial charge >= 0.3 is 6.09 Å². The average molecular weight is 649 g/mol. The molecule has 0 bridgehead atoms. The summed E-state index contributed by atoms with van der Waals surface area (Å²) >= 11 is 12.8. The molecule has 0 unspecified atom stereocenters. The number of H-pyrrole nitrogens is 1. The molecular weight excluding hydrogens is 621 g/mol. The number of aromatic amines is 1. The summed E-state index contributed by atoms with van der Waals surface area (Å²) in [5.74, 6) is 0.362. The maximum Gasteiger partial charge on any atom is 0.412 e. The number of hydrogen-bond acceptors (Lipinski definition) is 9. The number of tetrazole rings is 1. The lowest BCUT2D eigenvalue weighted by Gasteiger charge is -2.16. The second-order valence-electron chi connectivity index (χ2n) is 9.51. The largest absolute Gasteiger partial charge is 0.447 e. The Hall–Kier alpha value is -5.11. The molecule has 0 radical (unpaired) electrons. The third-order valence-corrected chi connectivity index (χ3v) is 6.90. The summed E-state index contributed by atoms with van der Waals surface area (Å²) in [7, 11) is 1.51. The summed E-state index contributed by atoms with van der Waals surface area (Å²) in [5, 5.41) is 17.6. The number of amides is 2. The van der Waals surface area contributed by atoms with E-state index < -0.39 is 12.1 Å². The molecule has 0 fully saturated rings. The molecule has 2 amide bonds. The van der Waals surface area contributed by atoms with Crippen molar-refractivity contribution in [2.75, 3.05) is 25.6 Å². The molecule has 0 aliphatic heterocycles. The van der Waals surface area contributed by atoms with Crippen LogP contribution >= 0.6 is 23.2 Å². The van der Waals surface area contributed by atoms with Crippen molar-refractivity contribution in [1.82, 2.24) is 40.5 Å². The van der Waals surface area contributed by atoms with Gasteiger partial charge < -0.3 is 19.8 Å². The molecule has 1 atom stereocenters. The van der Waals surface area contributed by atoms with Gasteiger partial charge in [-0.05, 0) is 58.8 Å². The first-order valence-electron chi connectivity index (χ1n) is 13.6. The Labute approximate surface area is 267 Å². The van der Waals surface area contributed by atoms with Crippen LogP contribution in [0.5, 0.6) is 0 Å². The van der Waals surface area contributed by atoms with E-state index in [1.54, 1.807) is 36.4 Å². The number of carbonyl (C=O) groups excluding carboxylic acids is 2. The number of methoxy groups -OCH3 is 1. The van der Waals surface area contributed by atoms with Crippen LogP contribution in [-0.4, -0.2) is 67.5 Å². The summed E-state index contributed by atoms with van der Waals surface area (Å²) < 4.78 is 11.3. The molecule has 0 saturated heterocycles. The molecule has 0 spiro atoms. The first-order chi connectivity index (χ1) is 21.9. The summed E-state index contributed by atoms with van der Waals surface area (Å²) in [4.78, 5) is 37.2. The van der Waals surface area contributed by atoms with Gasteiger partial charge in [-0.3, -0.25) is 10.1 Å². The van der Waals surface area contributed by atoms with Crippen molar-refractivity contribution in [2.24, 2.45) is 0 Å². The Morgan fingerprint density at radius 2 is 1.93 bits per heavy atom. The summed E-state index contributed by atoms with van der Waals surface area (Å²) in [6, 6.07) is 17.6. The minimum Gasteiger partial charge on any atom is -0.447 e. The molecule has 230 valence electrons. The average Bonchev–Trinajstić information content (AvgIpc) is 3.71. The van der Waals surface area contributed by atoms with Gasteiger partial charge in [0.25, 0.3) is 0 Å². The Kier molecular flexibility index (Phi) is 10.5. The zero-order valence-electron chi connectivity index (χ0n) is 23.9. The Balaban J connectivity index is 1.34. The second-order valence-corrected chi connectivity index (χ2v) is 10.3. The fourth-order valence-corrected chi connectivity index (χ4v) is 4.71. The van der Waals surface area contributed by atoms with E-state index in [0.29, 0.717) is 39.8 Å². The van der Waals surface area contributed by atoms with Gasteiger partial charge in [-0.1, -0.05) is 53.5 Å². The Morgan fingerprint density at radius 1 is 1.09 bits per heavy atom. The molecule has 2 aromatic carbocycles. The van der Waals surface area contributed by atoms with Gasteiger partial charge in [0.1, 0.15) is 35.4 Å². The number of aromatic nitrogens is 7. The summed E-state index contributed by atoms with van der Waals surface area (Å²) in [5.41, 5.74) is 3.30. The smallest absolute Gasteiger partial charge is 0.412 e. The lowest BCUT2D eigenvalue weighted by Crippen LogP contribution is -2.29. The van der Waals surface area contributed by atoms with Gasteiger partial charge in [0, 0.05) is 35.5 Å². The number of halogens is 2. The quantitative estimate of drug-likeness (QED) is 0.124. The zero-order chi connectivity index (χ0) is 31.6. The number of nitrogens with one attached hydrogen (secondary N) is 3. The fraction of sp³-hybridized carbons (Fsp3) is 0.167. The minimum absolute atomic E-state index is 0.116. The first-order valence-corrected chi connectivity index (χ1v) is 14.3. The van der Waals surface area contributed by atoms with Crippen LogP contribution in [0, 0.1) is 0 Å². The molecule has 15 heteroatoms. The topological polar surface area (TPSA) is 162 Å². The predicted molar refractivity (Wildman–Crippen MR) is 168 cm³/mol. The molecular formula is C30H27Cl2N9O4. The monoisotopic (exact) mass is 647 g/mol. The van der Waals surface area contributed by atoms with Crippen LogP contribution in [0.15, 0.2) is 79.3 Å². The number of anilines is 1. The molecule has 3 heterocycles. The van der Waals surface area contributed by atoms with Crippen LogP contribution in [0.4, 0.5) is 10.6 Å². The molecule has 5 aromatic rings. The third-order valence-electron chi connectivity index (χ3n) is 6.39. The Morgan fingerprint density at radius 3 is 2.67 bits per heavy atom. The van der Waals surface area contributed by atoms with E-state index >= 15 is 0 Å². The lowest BCUT2D eigenvalue weighted by atomic mass is 10.1. The van der Waals surface area contributed by atoms with Crippen molar-refractivity contribution in [3.05, 3.63) is 106 Å². The van der Waals surface area contributed by atoms with Crippen molar-refractivity contribution in [2.45, 2.75) is 12.5 Å². The summed E-state index contributed by atoms with van der Waals surface area (Å²) in [6.07, 6.45) is 5.79. The van der Waals surface area contributed by atoms with Gasteiger partial charge in [-0.2, -0.15) is 4.68 Å². The van der Waals surface area contributed by atoms with Crippen molar-refractivity contribution in [3.63, 3.8) is 0 Å². The molecule has 0 aliphatic carbocycles. The van der Waals surface area contributed by atoms with E-state index in [2.05, 4.69) is 36.1 Å². The summed E-state index contributed by atoms with van der Waals surface area (Å²) in [6.45, 7) is 0.400. The normalized spacial score (nSPS) is 11.8. The number of benzene rings is 2. The van der Waals surface area contributed by atoms with Gasteiger partial charge in [-0.25, -0.2) is 14.8 Å². The molecule has 3 aromatic heterocycles. The number of imidazole rings is 1. The van der Waals surface area contributed by atoms with Gasteiger partial charge in [-0.15, -0.1) is 5.10 Å². The molecule has 13 nitrogen and oxygen atoms in total. The van der Waals surface area contributed by atoms with Crippen molar-refractivity contribution < 1.29 is 19.1 Å². The van der Waals surface area contributed by atoms with Crippen LogP contribution in [0.2, 0.25) is 10.2 Å². The van der Waals surface area contributed by atoms with Crippen molar-refractivity contribution in [1.29, 1.82) is 0 Å². The van der Waals surface area contributed by atoms with Crippen LogP contribution < -0.4 is 10.6 Å². The molecule has 5 rings (SSSR count). The highest BCUT2D eigenvalue weighted by Crippen LogP contribution is 2.29. The maximum absolute atomic E-state index is 13.2. The number of carbonyl (C=O) groups is 2. The molecule has 45 heavy (non-hydrogen) atoms. The van der Waals surface area contributed by atoms with E-state index in [1.165, 1.54) is 30.4 Å². The van der Waals surface area contributed by atoms with Crippen LogP contribution in [0.3, 0.4) is 0 Å². The molecule has 0 aliphatic rings. The number of rotatable bonds is 12. The van der Waals surface area contributed by atoms with E-state index in [9.17, 15) is 9.59 Å². The molecule has 3 N–H and O–H groups in total. The standard InChI is InChI=1S/C30H27Cl2N9O4/c1-44-13-14-45-30(43)36-25-11-7-21(17-33-25)27-28(32)38-29(37-27)23(15-19-5-3-2-4-6-19)35-26(42)12-8-20-16-22(31)9-10-24(20)41-18-34-39-40-41/h2-12,16-18,23H,13-15H2,1H3,(H,35,42)(H,37,38)(H,33,36,43)/b12-8+/t23-/m0/s1. The number of pyridine rings is 1. The highest BCUT2D eigenvalue weighted by atomic mass is 35.5. The second kappa shape index (κ2) is 15.1. The minimum atomic E-state index is -0.650. The number of ether oxygens (including phenoxy) is 2. The number of hydrogen-bond donors (Lipinski definition) is 3. The SMILES string of the molecule is COCCOC(=O)Nc1ccc(-c2nc([C@H](Cc3ccccc3)NC(=O)/C=C/c3cc(Cl)ccc3-n3cnnn3)[nH]c2Cl)cn1. The lowest BCUT2D eigenvalue weighted by molar-refractivity contribution is -0.117. The van der Waals surface area contributed by atoms with Crippen LogP contribution in [-0.2, 0) is 20.7 Å². The van der Waals surface area contributed by atoms with Crippen molar-refractivity contribution >= 4 is 47.1 Å². The van der Waals surface area contributed by atoms with E-state index in [-0.39, 0.29) is 30.1 Å². The van der Waals surface area contributed by atoms with E-state index in [4.69, 9.17) is 37.7 Å². The maximum atomic E-state index is 13.2. The molecule has 0 saturated carbocycles. The number of nitrogens with zero attached hydrogens (tertiary/aromatic N) is 6. The first kappa shape index (κ1) is 31.3.